The van der Waals surface area contributed by atoms with E-state index in [1.807, 2.05) is 6.92 Å². The molecule has 0 aromatic heterocycles. The highest BCUT2D eigenvalue weighted by Gasteiger charge is 2.25. The Morgan fingerprint density at radius 1 is 1.50 bits per heavy atom. The summed E-state index contributed by atoms with van der Waals surface area (Å²) in [5.74, 6) is 0. The number of ether oxygens (including phenoxy) is 1. The molecular formula is C9H18ClNO. The van der Waals surface area contributed by atoms with Crippen LogP contribution in [0.5, 0.6) is 0 Å². The molecule has 0 heterocycles. The lowest BCUT2D eigenvalue weighted by atomic mass is 9.92. The molecule has 1 rings (SSSR count). The van der Waals surface area contributed by atoms with Gasteiger partial charge in [0.15, 0.2) is 0 Å². The van der Waals surface area contributed by atoms with Gasteiger partial charge in [-0.05, 0) is 32.7 Å². The molecule has 0 amide bonds. The Labute approximate surface area is 79.6 Å². The van der Waals surface area contributed by atoms with Crippen molar-refractivity contribution in [2.45, 2.75) is 37.6 Å². The molecule has 0 bridgehead atoms. The molecule has 1 fully saturated rings. The quantitative estimate of drug-likeness (QED) is 0.511. The van der Waals surface area contributed by atoms with Gasteiger partial charge in [-0.1, -0.05) is 0 Å². The Hall–Kier alpha value is 0.210. The second-order valence-corrected chi connectivity index (χ2v) is 3.89. The fourth-order valence-electron chi connectivity index (χ4n) is 1.34. The zero-order valence-corrected chi connectivity index (χ0v) is 8.44. The van der Waals surface area contributed by atoms with E-state index in [4.69, 9.17) is 16.3 Å². The lowest BCUT2D eigenvalue weighted by Gasteiger charge is -2.31. The summed E-state index contributed by atoms with van der Waals surface area (Å²) in [6, 6.07) is 0.675. The first-order valence-corrected chi connectivity index (χ1v) is 5.21. The zero-order valence-electron chi connectivity index (χ0n) is 7.68. The van der Waals surface area contributed by atoms with Crippen LogP contribution in [0.15, 0.2) is 0 Å². The maximum absolute atomic E-state index is 5.84. The molecule has 0 spiro atoms. The molecule has 0 saturated heterocycles. The van der Waals surface area contributed by atoms with Crippen molar-refractivity contribution in [3.63, 3.8) is 0 Å². The second kappa shape index (κ2) is 5.79. The summed E-state index contributed by atoms with van der Waals surface area (Å²) in [6.45, 7) is 4.79. The van der Waals surface area contributed by atoms with Crippen LogP contribution in [0.3, 0.4) is 0 Å². The van der Waals surface area contributed by atoms with Crippen LogP contribution in [-0.4, -0.2) is 31.2 Å². The van der Waals surface area contributed by atoms with Crippen molar-refractivity contribution in [1.82, 2.24) is 5.32 Å². The molecule has 0 aromatic rings. The summed E-state index contributed by atoms with van der Waals surface area (Å²) in [6.07, 6.45) is 3.38. The highest BCUT2D eigenvalue weighted by atomic mass is 35.5. The van der Waals surface area contributed by atoms with Crippen molar-refractivity contribution >= 4 is 11.6 Å². The van der Waals surface area contributed by atoms with Gasteiger partial charge in [-0.15, -0.1) is 11.6 Å². The molecule has 12 heavy (non-hydrogen) atoms. The third-order valence-electron chi connectivity index (χ3n) is 2.18. The summed E-state index contributed by atoms with van der Waals surface area (Å²) in [7, 11) is 0. The minimum Gasteiger partial charge on any atom is -0.382 e. The predicted molar refractivity (Wildman–Crippen MR) is 51.8 cm³/mol. The standard InChI is InChI=1S/C9H18ClNO/c1-2-12-5-3-4-11-9-6-8(10)7-9/h8-9,11H,2-7H2,1H3. The number of rotatable bonds is 6. The normalized spacial score (nSPS) is 28.5. The Morgan fingerprint density at radius 2 is 2.25 bits per heavy atom. The Bertz CT molecular complexity index is 115. The average Bonchev–Trinajstić information content (AvgIpc) is 2.00. The monoisotopic (exact) mass is 191 g/mol. The summed E-state index contributed by atoms with van der Waals surface area (Å²) in [4.78, 5) is 0. The summed E-state index contributed by atoms with van der Waals surface area (Å²) in [5, 5.41) is 3.87. The van der Waals surface area contributed by atoms with Gasteiger partial charge in [0, 0.05) is 24.6 Å². The third-order valence-corrected chi connectivity index (χ3v) is 2.54. The van der Waals surface area contributed by atoms with Gasteiger partial charge in [-0.25, -0.2) is 0 Å². The molecule has 0 atom stereocenters. The topological polar surface area (TPSA) is 21.3 Å². The molecule has 72 valence electrons. The second-order valence-electron chi connectivity index (χ2n) is 3.27. The molecule has 1 N–H and O–H groups in total. The Kier molecular flexibility index (Phi) is 4.96. The maximum Gasteiger partial charge on any atom is 0.0477 e. The van der Waals surface area contributed by atoms with E-state index in [1.54, 1.807) is 0 Å². The van der Waals surface area contributed by atoms with Gasteiger partial charge in [-0.2, -0.15) is 0 Å². The molecule has 0 aliphatic heterocycles. The zero-order chi connectivity index (χ0) is 8.81. The van der Waals surface area contributed by atoms with Gasteiger partial charge in [0.05, 0.1) is 0 Å². The average molecular weight is 192 g/mol. The SMILES string of the molecule is CCOCCCNC1CC(Cl)C1. The highest BCUT2D eigenvalue weighted by Crippen LogP contribution is 2.24. The minimum absolute atomic E-state index is 0.425. The smallest absolute Gasteiger partial charge is 0.0477 e. The van der Waals surface area contributed by atoms with E-state index in [0.717, 1.165) is 39.0 Å². The van der Waals surface area contributed by atoms with Crippen LogP contribution in [0.25, 0.3) is 0 Å². The van der Waals surface area contributed by atoms with Crippen LogP contribution in [0.1, 0.15) is 26.2 Å². The number of hydrogen-bond donors (Lipinski definition) is 1. The van der Waals surface area contributed by atoms with Gasteiger partial charge in [-0.3, -0.25) is 0 Å². The van der Waals surface area contributed by atoms with Crippen molar-refractivity contribution in [2.75, 3.05) is 19.8 Å². The highest BCUT2D eigenvalue weighted by molar-refractivity contribution is 6.21. The van der Waals surface area contributed by atoms with Crippen LogP contribution < -0.4 is 5.32 Å². The first kappa shape index (κ1) is 10.3. The van der Waals surface area contributed by atoms with Crippen LogP contribution in [-0.2, 0) is 4.74 Å². The predicted octanol–water partition coefficient (Wildman–Crippen LogP) is 1.77. The summed E-state index contributed by atoms with van der Waals surface area (Å²) >= 11 is 5.84. The number of alkyl halides is 1. The third kappa shape index (κ3) is 3.74. The number of hydrogen-bond acceptors (Lipinski definition) is 2. The maximum atomic E-state index is 5.84. The Morgan fingerprint density at radius 3 is 2.83 bits per heavy atom. The lowest BCUT2D eigenvalue weighted by Crippen LogP contribution is -2.42. The first-order valence-electron chi connectivity index (χ1n) is 4.78. The molecule has 1 aliphatic carbocycles. The van der Waals surface area contributed by atoms with Crippen molar-refractivity contribution in [3.8, 4) is 0 Å². The van der Waals surface area contributed by atoms with Gasteiger partial charge in [0.25, 0.3) is 0 Å². The van der Waals surface area contributed by atoms with Crippen LogP contribution >= 0.6 is 11.6 Å². The molecule has 1 saturated carbocycles. The van der Waals surface area contributed by atoms with Crippen LogP contribution in [0, 0.1) is 0 Å². The molecule has 0 unspecified atom stereocenters. The van der Waals surface area contributed by atoms with Crippen molar-refractivity contribution in [2.24, 2.45) is 0 Å². The number of halogens is 1. The van der Waals surface area contributed by atoms with E-state index in [-0.39, 0.29) is 0 Å². The molecule has 0 aromatic carbocycles. The fraction of sp³-hybridized carbons (Fsp3) is 1.00. The van der Waals surface area contributed by atoms with Crippen LogP contribution in [0.2, 0.25) is 0 Å². The van der Waals surface area contributed by atoms with Gasteiger partial charge < -0.3 is 10.1 Å². The van der Waals surface area contributed by atoms with E-state index in [0.29, 0.717) is 11.4 Å². The van der Waals surface area contributed by atoms with E-state index in [9.17, 15) is 0 Å². The summed E-state index contributed by atoms with van der Waals surface area (Å²) in [5.41, 5.74) is 0. The van der Waals surface area contributed by atoms with Gasteiger partial charge >= 0.3 is 0 Å². The molecule has 1 aliphatic rings. The van der Waals surface area contributed by atoms with E-state index in [2.05, 4.69) is 5.32 Å². The van der Waals surface area contributed by atoms with E-state index < -0.39 is 0 Å². The Balaban J connectivity index is 1.77. The van der Waals surface area contributed by atoms with Crippen molar-refractivity contribution in [3.05, 3.63) is 0 Å². The summed E-state index contributed by atoms with van der Waals surface area (Å²) < 4.78 is 5.22. The lowest BCUT2D eigenvalue weighted by molar-refractivity contribution is 0.143. The molecule has 3 heteroatoms. The number of nitrogens with one attached hydrogen (secondary N) is 1. The van der Waals surface area contributed by atoms with E-state index >= 15 is 0 Å². The fourth-order valence-corrected chi connectivity index (χ4v) is 1.77. The van der Waals surface area contributed by atoms with Crippen molar-refractivity contribution in [1.29, 1.82) is 0 Å². The molecule has 2 nitrogen and oxygen atoms in total. The minimum atomic E-state index is 0.425. The van der Waals surface area contributed by atoms with E-state index in [1.165, 1.54) is 0 Å². The largest absolute Gasteiger partial charge is 0.382 e. The van der Waals surface area contributed by atoms with Crippen molar-refractivity contribution < 1.29 is 4.74 Å². The molecule has 0 radical (unpaired) electrons. The van der Waals surface area contributed by atoms with Gasteiger partial charge in [0.1, 0.15) is 0 Å². The molecular weight excluding hydrogens is 174 g/mol. The van der Waals surface area contributed by atoms with Gasteiger partial charge in [0.2, 0.25) is 0 Å². The first-order chi connectivity index (χ1) is 5.83. The van der Waals surface area contributed by atoms with Crippen LogP contribution in [0.4, 0.5) is 0 Å².